The maximum Gasteiger partial charge on any atom is 0.269 e. The average Bonchev–Trinajstić information content (AvgIpc) is 2.48. The highest BCUT2D eigenvalue weighted by Crippen LogP contribution is 2.23. The highest BCUT2D eigenvalue weighted by atomic mass is 16.6. The molecule has 0 aliphatic heterocycles. The minimum Gasteiger partial charge on any atom is -0.410 e. The van der Waals surface area contributed by atoms with Crippen LogP contribution in [-0.2, 0) is 0 Å². The van der Waals surface area contributed by atoms with Crippen LogP contribution in [0.3, 0.4) is 0 Å². The van der Waals surface area contributed by atoms with Crippen LogP contribution in [-0.4, -0.2) is 21.6 Å². The third kappa shape index (κ3) is 3.11. The maximum atomic E-state index is 10.6. The van der Waals surface area contributed by atoms with Gasteiger partial charge in [-0.3, -0.25) is 10.1 Å². The molecule has 0 aliphatic rings. The lowest BCUT2D eigenvalue weighted by Crippen LogP contribution is -2.10. The molecule has 0 unspecified atom stereocenters. The molecule has 2 N–H and O–H groups in total. The highest BCUT2D eigenvalue weighted by Gasteiger charge is 2.08. The predicted octanol–water partition coefficient (Wildman–Crippen LogP) is 3.48. The number of non-ortho nitro benzene ring substituents is 1. The van der Waals surface area contributed by atoms with Gasteiger partial charge in [-0.15, -0.1) is 0 Å². The summed E-state index contributed by atoms with van der Waals surface area (Å²) in [5.41, 5.74) is 2.79. The van der Waals surface area contributed by atoms with Crippen LogP contribution in [0.15, 0.2) is 53.7 Å². The molecule has 0 heterocycles. The van der Waals surface area contributed by atoms with Gasteiger partial charge in [0, 0.05) is 17.7 Å². The molecule has 21 heavy (non-hydrogen) atoms. The molecule has 2 rings (SSSR count). The topological polar surface area (TPSA) is 99.6 Å². The molecule has 0 fully saturated rings. The maximum absolute atomic E-state index is 10.6. The summed E-state index contributed by atoms with van der Waals surface area (Å²) < 4.78 is 0. The first-order valence-electron chi connectivity index (χ1n) is 6.16. The molecule has 0 spiro atoms. The first-order valence-corrected chi connectivity index (χ1v) is 6.16. The number of hydrogen-bond acceptors (Lipinski definition) is 5. The van der Waals surface area contributed by atoms with Crippen molar-refractivity contribution in [2.45, 2.75) is 6.92 Å². The Morgan fingerprint density at radius 2 is 1.57 bits per heavy atom. The molecule has 0 radical (unpaired) electrons. The van der Waals surface area contributed by atoms with Gasteiger partial charge < -0.3 is 10.6 Å². The number of hydrogen-bond donors (Lipinski definition) is 2. The Hall–Kier alpha value is -3.02. The first-order chi connectivity index (χ1) is 10.0. The summed E-state index contributed by atoms with van der Waals surface area (Å²) in [4.78, 5) is 10.2. The van der Waals surface area contributed by atoms with E-state index < -0.39 is 4.92 Å². The van der Waals surface area contributed by atoms with Crippen molar-refractivity contribution in [1.29, 1.82) is 5.41 Å². The summed E-state index contributed by atoms with van der Waals surface area (Å²) >= 11 is 0. The van der Waals surface area contributed by atoms with Gasteiger partial charge >= 0.3 is 0 Å². The van der Waals surface area contributed by atoms with Crippen molar-refractivity contribution >= 4 is 17.1 Å². The van der Waals surface area contributed by atoms with E-state index in [-0.39, 0.29) is 17.1 Å². The summed E-state index contributed by atoms with van der Waals surface area (Å²) in [6, 6.07) is 13.4. The number of benzene rings is 2. The number of rotatable bonds is 4. The van der Waals surface area contributed by atoms with Gasteiger partial charge in [0.15, 0.2) is 0 Å². The van der Waals surface area contributed by atoms with Gasteiger partial charge in [0.1, 0.15) is 5.71 Å². The van der Waals surface area contributed by atoms with Gasteiger partial charge in [0.05, 0.1) is 10.6 Å². The monoisotopic (exact) mass is 283 g/mol. The Balaban J connectivity index is 2.30. The van der Waals surface area contributed by atoms with Crippen LogP contribution in [0.4, 0.5) is 5.69 Å². The third-order valence-corrected chi connectivity index (χ3v) is 3.02. The van der Waals surface area contributed by atoms with E-state index in [1.165, 1.54) is 12.1 Å². The van der Waals surface area contributed by atoms with Gasteiger partial charge in [-0.1, -0.05) is 29.4 Å². The molecular formula is C15H13N3O3. The molecule has 0 atom stereocenters. The lowest BCUT2D eigenvalue weighted by atomic mass is 10.0. The van der Waals surface area contributed by atoms with Crippen molar-refractivity contribution in [3.05, 3.63) is 64.2 Å². The SMILES string of the molecule is CC(=N)/C(=N\O)c1ccc(-c2ccc([N+](=O)[O-])cc2)cc1. The van der Waals surface area contributed by atoms with Gasteiger partial charge in [0.25, 0.3) is 5.69 Å². The standard InChI is InChI=1S/C15H13N3O3/c1-10(16)15(17-19)13-4-2-11(3-5-13)12-6-8-14(9-7-12)18(20)21/h2-9,16,19H,1H3/b16-10?,17-15+. The highest BCUT2D eigenvalue weighted by molar-refractivity contribution is 6.46. The summed E-state index contributed by atoms with van der Waals surface area (Å²) in [7, 11) is 0. The molecule has 0 aromatic heterocycles. The van der Waals surface area contributed by atoms with E-state index in [9.17, 15) is 10.1 Å². The van der Waals surface area contributed by atoms with Gasteiger partial charge in [-0.2, -0.15) is 0 Å². The van der Waals surface area contributed by atoms with E-state index in [1.54, 1.807) is 31.2 Å². The number of oxime groups is 1. The first kappa shape index (κ1) is 14.4. The minimum atomic E-state index is -0.441. The van der Waals surface area contributed by atoms with Crippen molar-refractivity contribution in [2.24, 2.45) is 5.16 Å². The molecule has 6 heteroatoms. The van der Waals surface area contributed by atoms with E-state index >= 15 is 0 Å². The Labute approximate surface area is 121 Å². The van der Waals surface area contributed by atoms with Crippen LogP contribution in [0, 0.1) is 15.5 Å². The van der Waals surface area contributed by atoms with Crippen molar-refractivity contribution in [3.8, 4) is 11.1 Å². The molecule has 2 aromatic rings. The molecule has 0 bridgehead atoms. The predicted molar refractivity (Wildman–Crippen MR) is 80.3 cm³/mol. The number of nitrogens with zero attached hydrogens (tertiary/aromatic N) is 2. The van der Waals surface area contributed by atoms with Crippen LogP contribution < -0.4 is 0 Å². The smallest absolute Gasteiger partial charge is 0.269 e. The molecule has 2 aromatic carbocycles. The molecule has 0 saturated heterocycles. The van der Waals surface area contributed by atoms with E-state index in [0.29, 0.717) is 5.56 Å². The second-order valence-electron chi connectivity index (χ2n) is 4.45. The van der Waals surface area contributed by atoms with Crippen LogP contribution >= 0.6 is 0 Å². The molecule has 0 saturated carbocycles. The Morgan fingerprint density at radius 1 is 1.10 bits per heavy atom. The lowest BCUT2D eigenvalue weighted by Gasteiger charge is -2.05. The van der Waals surface area contributed by atoms with E-state index in [4.69, 9.17) is 10.6 Å². The second-order valence-corrected chi connectivity index (χ2v) is 4.45. The van der Waals surface area contributed by atoms with E-state index in [1.807, 2.05) is 12.1 Å². The van der Waals surface area contributed by atoms with E-state index in [2.05, 4.69) is 5.16 Å². The summed E-state index contributed by atoms with van der Waals surface area (Å²) in [6.45, 7) is 1.54. The second kappa shape index (κ2) is 5.96. The van der Waals surface area contributed by atoms with Crippen molar-refractivity contribution < 1.29 is 10.1 Å². The van der Waals surface area contributed by atoms with Crippen LogP contribution in [0.25, 0.3) is 11.1 Å². The van der Waals surface area contributed by atoms with Gasteiger partial charge in [-0.25, -0.2) is 0 Å². The van der Waals surface area contributed by atoms with Gasteiger partial charge in [-0.05, 0) is 30.2 Å². The molecule has 106 valence electrons. The normalized spacial score (nSPS) is 11.2. The molecular weight excluding hydrogens is 270 g/mol. The minimum absolute atomic E-state index is 0.0458. The zero-order valence-corrected chi connectivity index (χ0v) is 11.3. The fraction of sp³-hybridized carbons (Fsp3) is 0.0667. The Bertz CT molecular complexity index is 704. The van der Waals surface area contributed by atoms with E-state index in [0.717, 1.165) is 11.1 Å². The summed E-state index contributed by atoms with van der Waals surface area (Å²) in [5.74, 6) is 0. The molecule has 6 nitrogen and oxygen atoms in total. The zero-order valence-electron chi connectivity index (χ0n) is 11.3. The largest absolute Gasteiger partial charge is 0.410 e. The van der Waals surface area contributed by atoms with Gasteiger partial charge in [0.2, 0.25) is 0 Å². The number of nitro groups is 1. The van der Waals surface area contributed by atoms with Crippen LogP contribution in [0.2, 0.25) is 0 Å². The Morgan fingerprint density at radius 3 is 1.95 bits per heavy atom. The fourth-order valence-electron chi connectivity index (χ4n) is 1.95. The number of nitrogens with one attached hydrogen (secondary N) is 1. The molecule has 0 aliphatic carbocycles. The van der Waals surface area contributed by atoms with Crippen LogP contribution in [0.1, 0.15) is 12.5 Å². The number of nitro benzene ring substituents is 1. The summed E-state index contributed by atoms with van der Waals surface area (Å²) in [5, 5.41) is 30.1. The molecule has 0 amide bonds. The average molecular weight is 283 g/mol. The van der Waals surface area contributed by atoms with Crippen molar-refractivity contribution in [2.75, 3.05) is 0 Å². The third-order valence-electron chi connectivity index (χ3n) is 3.02. The van der Waals surface area contributed by atoms with Crippen molar-refractivity contribution in [3.63, 3.8) is 0 Å². The van der Waals surface area contributed by atoms with Crippen LogP contribution in [0.5, 0.6) is 0 Å². The zero-order chi connectivity index (χ0) is 15.4. The lowest BCUT2D eigenvalue weighted by molar-refractivity contribution is -0.384. The Kier molecular flexibility index (Phi) is 4.08. The summed E-state index contributed by atoms with van der Waals surface area (Å²) in [6.07, 6.45) is 0. The van der Waals surface area contributed by atoms with Crippen molar-refractivity contribution in [1.82, 2.24) is 0 Å². The fourth-order valence-corrected chi connectivity index (χ4v) is 1.95. The quantitative estimate of drug-likeness (QED) is 0.389.